The number of aromatic amines is 1. The Bertz CT molecular complexity index is 658. The van der Waals surface area contributed by atoms with Crippen molar-refractivity contribution in [2.45, 2.75) is 6.54 Å². The van der Waals surface area contributed by atoms with Crippen molar-refractivity contribution in [1.82, 2.24) is 20.7 Å². The predicted octanol–water partition coefficient (Wildman–Crippen LogP) is 2.06. The van der Waals surface area contributed by atoms with Gasteiger partial charge >= 0.3 is 0 Å². The van der Waals surface area contributed by atoms with Crippen LogP contribution >= 0.6 is 11.3 Å². The molecule has 19 heavy (non-hydrogen) atoms. The molecule has 0 spiro atoms. The Hall–Kier alpha value is -2.41. The summed E-state index contributed by atoms with van der Waals surface area (Å²) in [6.07, 6.45) is 1.63. The van der Waals surface area contributed by atoms with Gasteiger partial charge in [-0.05, 0) is 17.5 Å². The standard InChI is InChI=1S/C12H10N4O2S/c17-12(13-7-8-3-4-14-15-8)9-6-10(18-16-9)11-2-1-5-19-11/h1-6H,7H2,(H,13,17)(H,14,15). The smallest absolute Gasteiger partial charge is 0.273 e. The fraction of sp³-hybridized carbons (Fsp3) is 0.0833. The second-order valence-electron chi connectivity index (χ2n) is 3.82. The summed E-state index contributed by atoms with van der Waals surface area (Å²) in [5, 5.41) is 15.0. The number of aromatic nitrogens is 3. The zero-order valence-corrected chi connectivity index (χ0v) is 10.6. The molecule has 0 saturated heterocycles. The van der Waals surface area contributed by atoms with Gasteiger partial charge in [-0.3, -0.25) is 9.89 Å². The van der Waals surface area contributed by atoms with E-state index < -0.39 is 0 Å². The highest BCUT2D eigenvalue weighted by molar-refractivity contribution is 7.13. The number of nitrogens with one attached hydrogen (secondary N) is 2. The molecule has 0 aliphatic carbocycles. The lowest BCUT2D eigenvalue weighted by Crippen LogP contribution is -2.23. The summed E-state index contributed by atoms with van der Waals surface area (Å²) in [6.45, 7) is 0.375. The lowest BCUT2D eigenvalue weighted by molar-refractivity contribution is 0.0941. The highest BCUT2D eigenvalue weighted by atomic mass is 32.1. The fourth-order valence-corrected chi connectivity index (χ4v) is 2.24. The maximum atomic E-state index is 11.9. The van der Waals surface area contributed by atoms with Crippen molar-refractivity contribution >= 4 is 17.2 Å². The summed E-state index contributed by atoms with van der Waals surface area (Å²) in [7, 11) is 0. The molecule has 0 aliphatic rings. The molecule has 0 unspecified atom stereocenters. The van der Waals surface area contributed by atoms with Crippen molar-refractivity contribution in [2.24, 2.45) is 0 Å². The average molecular weight is 274 g/mol. The van der Waals surface area contributed by atoms with Crippen molar-refractivity contribution in [2.75, 3.05) is 0 Å². The van der Waals surface area contributed by atoms with Crippen LogP contribution in [0.25, 0.3) is 10.6 Å². The number of carbonyl (C=O) groups excluding carboxylic acids is 1. The molecule has 3 rings (SSSR count). The van der Waals surface area contributed by atoms with E-state index in [0.717, 1.165) is 10.6 Å². The predicted molar refractivity (Wildman–Crippen MR) is 69.6 cm³/mol. The fourth-order valence-electron chi connectivity index (χ4n) is 1.57. The summed E-state index contributed by atoms with van der Waals surface area (Å²) in [4.78, 5) is 12.8. The van der Waals surface area contributed by atoms with Crippen LogP contribution in [0.5, 0.6) is 0 Å². The number of amides is 1. The molecule has 6 nitrogen and oxygen atoms in total. The van der Waals surface area contributed by atoms with E-state index >= 15 is 0 Å². The van der Waals surface area contributed by atoms with Gasteiger partial charge in [0.1, 0.15) is 0 Å². The number of carbonyl (C=O) groups is 1. The van der Waals surface area contributed by atoms with Crippen molar-refractivity contribution in [1.29, 1.82) is 0 Å². The molecule has 1 amide bonds. The van der Waals surface area contributed by atoms with Crippen molar-refractivity contribution in [3.05, 3.63) is 47.2 Å². The Morgan fingerprint density at radius 1 is 1.47 bits per heavy atom. The van der Waals surface area contributed by atoms with Gasteiger partial charge in [0.2, 0.25) is 0 Å². The number of hydrogen-bond acceptors (Lipinski definition) is 5. The topological polar surface area (TPSA) is 83.8 Å². The second kappa shape index (κ2) is 5.07. The molecule has 0 saturated carbocycles. The monoisotopic (exact) mass is 274 g/mol. The summed E-state index contributed by atoms with van der Waals surface area (Å²) in [5.74, 6) is 0.322. The van der Waals surface area contributed by atoms with E-state index in [4.69, 9.17) is 4.52 Å². The zero-order chi connectivity index (χ0) is 13.1. The lowest BCUT2D eigenvalue weighted by atomic mass is 10.3. The molecule has 3 heterocycles. The highest BCUT2D eigenvalue weighted by Gasteiger charge is 2.13. The van der Waals surface area contributed by atoms with Crippen LogP contribution < -0.4 is 5.32 Å². The van der Waals surface area contributed by atoms with Gasteiger partial charge in [-0.15, -0.1) is 11.3 Å². The Balaban J connectivity index is 1.67. The third-order valence-corrected chi connectivity index (χ3v) is 3.39. The molecule has 0 atom stereocenters. The van der Waals surface area contributed by atoms with Crippen LogP contribution in [0, 0.1) is 0 Å². The van der Waals surface area contributed by atoms with Crippen molar-refractivity contribution in [3.8, 4) is 10.6 Å². The van der Waals surface area contributed by atoms with E-state index in [1.54, 1.807) is 18.3 Å². The van der Waals surface area contributed by atoms with Crippen LogP contribution in [0.1, 0.15) is 16.2 Å². The molecule has 7 heteroatoms. The van der Waals surface area contributed by atoms with Crippen molar-refractivity contribution < 1.29 is 9.32 Å². The van der Waals surface area contributed by atoms with Crippen LogP contribution in [0.2, 0.25) is 0 Å². The first-order valence-electron chi connectivity index (χ1n) is 5.60. The van der Waals surface area contributed by atoms with Crippen LogP contribution in [-0.2, 0) is 6.54 Å². The van der Waals surface area contributed by atoms with Gasteiger partial charge in [-0.1, -0.05) is 11.2 Å². The maximum absolute atomic E-state index is 11.9. The van der Waals surface area contributed by atoms with Gasteiger partial charge in [0.25, 0.3) is 5.91 Å². The minimum Gasteiger partial charge on any atom is -0.355 e. The van der Waals surface area contributed by atoms with E-state index in [1.807, 2.05) is 17.5 Å². The average Bonchev–Trinajstić information content (AvgIpc) is 3.14. The molecule has 0 aliphatic heterocycles. The molecular weight excluding hydrogens is 264 g/mol. The minimum absolute atomic E-state index is 0.267. The third-order valence-electron chi connectivity index (χ3n) is 2.50. The van der Waals surface area contributed by atoms with E-state index in [9.17, 15) is 4.79 Å². The van der Waals surface area contributed by atoms with E-state index in [0.29, 0.717) is 12.3 Å². The second-order valence-corrected chi connectivity index (χ2v) is 4.77. The Kier molecular flexibility index (Phi) is 3.11. The SMILES string of the molecule is O=C(NCc1ccn[nH]1)c1cc(-c2cccs2)on1. The molecule has 3 aromatic rings. The van der Waals surface area contributed by atoms with E-state index in [2.05, 4.69) is 20.7 Å². The van der Waals surface area contributed by atoms with Gasteiger partial charge in [-0.2, -0.15) is 5.10 Å². The van der Waals surface area contributed by atoms with Gasteiger partial charge < -0.3 is 9.84 Å². The van der Waals surface area contributed by atoms with Crippen LogP contribution in [0.3, 0.4) is 0 Å². The number of H-pyrrole nitrogens is 1. The quantitative estimate of drug-likeness (QED) is 0.762. The van der Waals surface area contributed by atoms with Crippen LogP contribution in [0.4, 0.5) is 0 Å². The van der Waals surface area contributed by atoms with Gasteiger partial charge in [0, 0.05) is 12.3 Å². The number of rotatable bonds is 4. The molecule has 0 radical (unpaired) electrons. The zero-order valence-electron chi connectivity index (χ0n) is 9.79. The number of hydrogen-bond donors (Lipinski definition) is 2. The first kappa shape index (κ1) is 11.7. The molecular formula is C12H10N4O2S. The lowest BCUT2D eigenvalue weighted by Gasteiger charge is -1.98. The van der Waals surface area contributed by atoms with Gasteiger partial charge in [0.05, 0.1) is 17.1 Å². The molecule has 2 N–H and O–H groups in total. The number of nitrogens with zero attached hydrogens (tertiary/aromatic N) is 2. The Morgan fingerprint density at radius 2 is 2.42 bits per heavy atom. The largest absolute Gasteiger partial charge is 0.355 e. The molecule has 3 aromatic heterocycles. The van der Waals surface area contributed by atoms with Crippen LogP contribution in [0.15, 0.2) is 40.4 Å². The first-order chi connectivity index (χ1) is 9.33. The number of thiophene rings is 1. The molecule has 0 fully saturated rings. The highest BCUT2D eigenvalue weighted by Crippen LogP contribution is 2.24. The van der Waals surface area contributed by atoms with Gasteiger partial charge in [-0.25, -0.2) is 0 Å². The minimum atomic E-state index is -0.277. The Morgan fingerprint density at radius 3 is 3.16 bits per heavy atom. The molecule has 0 aromatic carbocycles. The summed E-state index contributed by atoms with van der Waals surface area (Å²) < 4.78 is 5.15. The van der Waals surface area contributed by atoms with Gasteiger partial charge in [0.15, 0.2) is 11.5 Å². The maximum Gasteiger partial charge on any atom is 0.273 e. The first-order valence-corrected chi connectivity index (χ1v) is 6.48. The molecule has 0 bridgehead atoms. The summed E-state index contributed by atoms with van der Waals surface area (Å²) in [5.41, 5.74) is 1.10. The molecule has 96 valence electrons. The normalized spacial score (nSPS) is 10.5. The Labute approximate surface area is 112 Å². The van der Waals surface area contributed by atoms with Crippen molar-refractivity contribution in [3.63, 3.8) is 0 Å². The van der Waals surface area contributed by atoms with E-state index in [-0.39, 0.29) is 11.6 Å². The summed E-state index contributed by atoms with van der Waals surface area (Å²) >= 11 is 1.53. The van der Waals surface area contributed by atoms with E-state index in [1.165, 1.54) is 11.3 Å². The summed E-state index contributed by atoms with van der Waals surface area (Å²) in [6, 6.07) is 7.26. The third kappa shape index (κ3) is 2.55. The van der Waals surface area contributed by atoms with Crippen LogP contribution in [-0.4, -0.2) is 21.3 Å².